The zero-order chi connectivity index (χ0) is 45.2. The minimum absolute atomic E-state index is 0.173. The Kier molecular flexibility index (Phi) is 12.4. The van der Waals surface area contributed by atoms with Crippen molar-refractivity contribution in [2.45, 2.75) is 73.6 Å². The van der Waals surface area contributed by atoms with Gasteiger partial charge in [0.2, 0.25) is 17.8 Å². The molecule has 1 unspecified atom stereocenters. The number of carbonyl (C=O) groups is 4. The minimum atomic E-state index is -0.659. The average molecular weight is 872 g/mol. The van der Waals surface area contributed by atoms with E-state index in [9.17, 15) is 19.2 Å². The molecular formula is C45H53N13O6. The summed E-state index contributed by atoms with van der Waals surface area (Å²) in [5.74, 6) is -0.737. The van der Waals surface area contributed by atoms with Gasteiger partial charge >= 0.3 is 0 Å². The molecule has 0 saturated carbocycles. The molecule has 1 atom stereocenters. The molecule has 0 aliphatic carbocycles. The molecule has 2 aliphatic rings. The van der Waals surface area contributed by atoms with Crippen LogP contribution < -0.4 is 25.8 Å². The predicted octanol–water partition coefficient (Wildman–Crippen LogP) is 5.26. The highest BCUT2D eigenvalue weighted by molar-refractivity contribution is 6.06. The first-order chi connectivity index (χ1) is 30.8. The summed E-state index contributed by atoms with van der Waals surface area (Å²) in [6.07, 6.45) is 7.00. The van der Waals surface area contributed by atoms with Gasteiger partial charge in [-0.3, -0.25) is 39.2 Å². The van der Waals surface area contributed by atoms with Crippen LogP contribution in [0.5, 0.6) is 11.5 Å². The van der Waals surface area contributed by atoms with Gasteiger partial charge in [-0.1, -0.05) is 12.2 Å². The number of amides is 4. The Labute approximate surface area is 369 Å². The maximum atomic E-state index is 13.9. The van der Waals surface area contributed by atoms with Crippen LogP contribution in [0.2, 0.25) is 0 Å². The molecule has 4 N–H and O–H groups in total. The van der Waals surface area contributed by atoms with E-state index in [4.69, 9.17) is 25.2 Å². The van der Waals surface area contributed by atoms with E-state index in [1.165, 1.54) is 6.21 Å². The molecule has 19 nitrogen and oxygen atoms in total. The second-order valence-corrected chi connectivity index (χ2v) is 16.2. The van der Waals surface area contributed by atoms with Crippen LogP contribution in [0.1, 0.15) is 86.7 Å². The number of piperidine rings is 1. The van der Waals surface area contributed by atoms with E-state index in [0.29, 0.717) is 69.4 Å². The molecule has 0 spiro atoms. The van der Waals surface area contributed by atoms with Gasteiger partial charge in [-0.25, -0.2) is 15.0 Å². The summed E-state index contributed by atoms with van der Waals surface area (Å²) in [7, 11) is 2.10. The Balaban J connectivity index is 1.28. The normalized spacial score (nSPS) is 16.9. The fourth-order valence-electron chi connectivity index (χ4n) is 8.53. The van der Waals surface area contributed by atoms with Crippen molar-refractivity contribution in [2.75, 3.05) is 44.0 Å². The van der Waals surface area contributed by atoms with Crippen LogP contribution in [0.15, 0.2) is 53.5 Å². The molecule has 0 radical (unpaired) electrons. The molecule has 1 saturated heterocycles. The van der Waals surface area contributed by atoms with E-state index in [1.54, 1.807) is 52.7 Å². The minimum Gasteiger partial charge on any atom is -0.491 e. The van der Waals surface area contributed by atoms with Crippen molar-refractivity contribution in [3.63, 3.8) is 0 Å². The standard InChI is InChI=1S/C45H53N13O6/c1-7-47-41(60)30-21-33-39-37(23-30)64-25-31(28-12-16-54(6)17-13-28)24-63-36-22-29(40(46)59)20-32-38(36)55(44(48-32)50-42(61)34-18-26(4)52-57(34)8-2)14-10-11-15-56(39)45(49-33)51-43(62)35-19-27(5)53-58(35)9-3/h7,10-11,18-23,28,31H,8-9,12-17,24-25H2,1-6H3,(H2,46,59)(H,48,50,61)(H,49,51,62)/b11-10+,47-7?. The first kappa shape index (κ1) is 43.5. The number of benzene rings is 2. The third-order valence-corrected chi connectivity index (χ3v) is 11.8. The predicted molar refractivity (Wildman–Crippen MR) is 242 cm³/mol. The molecule has 1 fully saturated rings. The zero-order valence-electron chi connectivity index (χ0n) is 36.9. The van der Waals surface area contributed by atoms with Crippen LogP contribution in [0.4, 0.5) is 11.9 Å². The van der Waals surface area contributed by atoms with Gasteiger partial charge in [0.25, 0.3) is 17.7 Å². The number of imidazole rings is 2. The number of carbonyl (C=O) groups excluding carboxylic acids is 4. The maximum absolute atomic E-state index is 13.9. The van der Waals surface area contributed by atoms with Gasteiger partial charge in [0.15, 0.2) is 0 Å². The second kappa shape index (κ2) is 18.3. The molecule has 4 amide bonds. The lowest BCUT2D eigenvalue weighted by Gasteiger charge is -2.34. The van der Waals surface area contributed by atoms with Gasteiger partial charge in [0, 0.05) is 49.4 Å². The first-order valence-corrected chi connectivity index (χ1v) is 21.6. The molecule has 334 valence electrons. The first-order valence-electron chi connectivity index (χ1n) is 21.6. The van der Waals surface area contributed by atoms with Gasteiger partial charge in [0.1, 0.15) is 33.9 Å². The Hall–Kier alpha value is -7.15. The lowest BCUT2D eigenvalue weighted by atomic mass is 9.85. The summed E-state index contributed by atoms with van der Waals surface area (Å²) in [6.45, 7) is 12.7. The number of nitrogens with one attached hydrogen (secondary N) is 2. The number of hydrogen-bond donors (Lipinski definition) is 3. The molecular weight excluding hydrogens is 819 g/mol. The number of ether oxygens (including phenoxy) is 2. The summed E-state index contributed by atoms with van der Waals surface area (Å²) in [5.41, 5.74) is 10.4. The lowest BCUT2D eigenvalue weighted by molar-refractivity contribution is 0.0897. The van der Waals surface area contributed by atoms with Crippen molar-refractivity contribution in [1.82, 2.24) is 43.6 Å². The SMILES string of the molecule is CC=NC(=O)c1cc2c3c(c1)nc(NC(=O)c1cc(C)nn1CC)n3C/C=C/Cn1c(NC(=O)c3cc(C)nn3CC)nc3cc(C(N)=O)cc(c31)OCC(C1CCN(C)CC1)CO2. The average Bonchev–Trinajstić information content (AvgIpc) is 4.04. The van der Waals surface area contributed by atoms with Crippen molar-refractivity contribution in [2.24, 2.45) is 22.6 Å². The van der Waals surface area contributed by atoms with E-state index < -0.39 is 23.6 Å². The van der Waals surface area contributed by atoms with Crippen LogP contribution in [0.3, 0.4) is 0 Å². The molecule has 64 heavy (non-hydrogen) atoms. The number of primary amides is 1. The summed E-state index contributed by atoms with van der Waals surface area (Å²) in [5, 5.41) is 14.9. The number of allylic oxidation sites excluding steroid dienone is 2. The molecule has 2 aromatic carbocycles. The largest absolute Gasteiger partial charge is 0.491 e. The monoisotopic (exact) mass is 871 g/mol. The Morgan fingerprint density at radius 1 is 0.750 bits per heavy atom. The number of nitrogens with zero attached hydrogens (tertiary/aromatic N) is 10. The van der Waals surface area contributed by atoms with E-state index in [2.05, 4.69) is 37.8 Å². The molecule has 2 aliphatic heterocycles. The number of rotatable bonds is 9. The fraction of sp³-hybridized carbons (Fsp3) is 0.400. The van der Waals surface area contributed by atoms with Crippen LogP contribution in [0.25, 0.3) is 22.1 Å². The summed E-state index contributed by atoms with van der Waals surface area (Å²) < 4.78 is 20.5. The third-order valence-electron chi connectivity index (χ3n) is 11.8. The van der Waals surface area contributed by atoms with Crippen molar-refractivity contribution in [1.29, 1.82) is 0 Å². The smallest absolute Gasteiger partial charge is 0.276 e. The van der Waals surface area contributed by atoms with Gasteiger partial charge in [0.05, 0.1) is 35.6 Å². The number of nitrogens with two attached hydrogens (primary N) is 1. The number of aryl methyl sites for hydroxylation is 4. The number of hydrogen-bond acceptors (Lipinski definition) is 11. The van der Waals surface area contributed by atoms with Crippen LogP contribution in [-0.2, 0) is 26.2 Å². The Morgan fingerprint density at radius 3 is 1.70 bits per heavy atom. The maximum Gasteiger partial charge on any atom is 0.276 e. The topological polar surface area (TPSA) is 224 Å². The number of aliphatic imine (C=N–C) groups is 1. The van der Waals surface area contributed by atoms with Gasteiger partial charge in [-0.15, -0.1) is 0 Å². The van der Waals surface area contributed by atoms with Crippen LogP contribution >= 0.6 is 0 Å². The quantitative estimate of drug-likeness (QED) is 0.126. The highest BCUT2D eigenvalue weighted by atomic mass is 16.5. The van der Waals surface area contributed by atoms with Crippen LogP contribution in [-0.4, -0.2) is 107 Å². The summed E-state index contributed by atoms with van der Waals surface area (Å²) >= 11 is 0. The van der Waals surface area contributed by atoms with Crippen molar-refractivity contribution in [3.05, 3.63) is 82.5 Å². The molecule has 4 aromatic heterocycles. The van der Waals surface area contributed by atoms with Crippen molar-refractivity contribution >= 4 is 63.8 Å². The number of anilines is 2. The lowest BCUT2D eigenvalue weighted by Crippen LogP contribution is -2.37. The van der Waals surface area contributed by atoms with Crippen LogP contribution in [0, 0.1) is 25.7 Å². The molecule has 0 bridgehead atoms. The van der Waals surface area contributed by atoms with E-state index in [-0.39, 0.29) is 61.2 Å². The number of aromatic nitrogens is 8. The zero-order valence-corrected chi connectivity index (χ0v) is 36.9. The van der Waals surface area contributed by atoms with Crippen molar-refractivity contribution < 1.29 is 28.7 Å². The molecule has 6 heterocycles. The molecule has 8 rings (SSSR count). The van der Waals surface area contributed by atoms with E-state index in [0.717, 1.165) is 25.9 Å². The Bertz CT molecular complexity index is 2840. The Morgan fingerprint density at radius 2 is 1.23 bits per heavy atom. The van der Waals surface area contributed by atoms with Gasteiger partial charge in [-0.05, 0) is 110 Å². The fourth-order valence-corrected chi connectivity index (χ4v) is 8.53. The number of likely N-dealkylation sites (tertiary alicyclic amines) is 1. The van der Waals surface area contributed by atoms with Gasteiger partial charge in [-0.2, -0.15) is 10.2 Å². The highest BCUT2D eigenvalue weighted by Crippen LogP contribution is 2.36. The third kappa shape index (κ3) is 8.75. The van der Waals surface area contributed by atoms with E-state index >= 15 is 0 Å². The van der Waals surface area contributed by atoms with E-state index in [1.807, 2.05) is 49.0 Å². The van der Waals surface area contributed by atoms with Gasteiger partial charge < -0.3 is 29.2 Å². The molecule has 6 aromatic rings. The van der Waals surface area contributed by atoms with Crippen molar-refractivity contribution in [3.8, 4) is 11.5 Å². The summed E-state index contributed by atoms with van der Waals surface area (Å²) in [4.78, 5) is 69.9. The summed E-state index contributed by atoms with van der Waals surface area (Å²) in [6, 6.07) is 9.96. The molecule has 19 heteroatoms. The second-order valence-electron chi connectivity index (χ2n) is 16.2. The highest BCUT2D eigenvalue weighted by Gasteiger charge is 2.30.